The van der Waals surface area contributed by atoms with Crippen molar-refractivity contribution in [3.05, 3.63) is 23.8 Å². The van der Waals surface area contributed by atoms with Crippen molar-refractivity contribution >= 4 is 5.97 Å². The molecule has 0 fully saturated rings. The molecule has 0 heterocycles. The molecule has 1 aromatic rings. The van der Waals surface area contributed by atoms with E-state index in [4.69, 9.17) is 9.47 Å². The van der Waals surface area contributed by atoms with Gasteiger partial charge in [0.2, 0.25) is 0 Å². The summed E-state index contributed by atoms with van der Waals surface area (Å²) in [5.74, 6) is 0.759. The molecule has 0 bridgehead atoms. The zero-order valence-electron chi connectivity index (χ0n) is 12.5. The zero-order chi connectivity index (χ0) is 15.1. The van der Waals surface area contributed by atoms with Gasteiger partial charge in [-0.1, -0.05) is 26.0 Å². The fraction of sp³-hybridized carbons (Fsp3) is 0.533. The molecule has 2 N–H and O–H groups in total. The van der Waals surface area contributed by atoms with Crippen LogP contribution < -0.4 is 14.8 Å². The highest BCUT2D eigenvalue weighted by Gasteiger charge is 2.19. The Kier molecular flexibility index (Phi) is 6.31. The minimum Gasteiger partial charge on any atom is -0.493 e. The lowest BCUT2D eigenvalue weighted by molar-refractivity contribution is -0.140. The van der Waals surface area contributed by atoms with Gasteiger partial charge in [0, 0.05) is 12.1 Å². The maximum absolute atomic E-state index is 11.2. The minimum atomic E-state index is -0.833. The highest BCUT2D eigenvalue weighted by Crippen LogP contribution is 2.30. The molecule has 0 aliphatic heterocycles. The van der Waals surface area contributed by atoms with Crippen molar-refractivity contribution in [1.82, 2.24) is 5.32 Å². The Bertz CT molecular complexity index is 445. The summed E-state index contributed by atoms with van der Waals surface area (Å²) >= 11 is 0. The number of para-hydroxylation sites is 1. The normalized spacial score (nSPS) is 12.2. The van der Waals surface area contributed by atoms with Crippen LogP contribution in [0.4, 0.5) is 0 Å². The summed E-state index contributed by atoms with van der Waals surface area (Å²) in [6, 6.07) is 5.00. The molecule has 0 aromatic heterocycles. The van der Waals surface area contributed by atoms with Crippen molar-refractivity contribution in [3.63, 3.8) is 0 Å². The van der Waals surface area contributed by atoms with E-state index in [1.165, 1.54) is 0 Å². The number of carboxylic acid groups (broad SMARTS) is 1. The Balaban J connectivity index is 2.80. The van der Waals surface area contributed by atoms with Crippen LogP contribution in [0.15, 0.2) is 18.2 Å². The third-order valence-corrected chi connectivity index (χ3v) is 3.03. The quantitative estimate of drug-likeness (QED) is 0.765. The van der Waals surface area contributed by atoms with Gasteiger partial charge in [0.1, 0.15) is 6.04 Å². The number of carbonyl (C=O) groups is 1. The Morgan fingerprint density at radius 2 is 2.00 bits per heavy atom. The SMILES string of the molecule is COc1cccc(CN[C@@H](CC(C)C)C(=O)O)c1OC. The van der Waals surface area contributed by atoms with E-state index >= 15 is 0 Å². The lowest BCUT2D eigenvalue weighted by Gasteiger charge is -2.18. The Morgan fingerprint density at radius 1 is 1.30 bits per heavy atom. The van der Waals surface area contributed by atoms with Gasteiger partial charge in [-0.3, -0.25) is 4.79 Å². The highest BCUT2D eigenvalue weighted by atomic mass is 16.5. The summed E-state index contributed by atoms with van der Waals surface area (Å²) in [5, 5.41) is 12.3. The number of nitrogens with one attached hydrogen (secondary N) is 1. The smallest absolute Gasteiger partial charge is 0.320 e. The van der Waals surface area contributed by atoms with Crippen molar-refractivity contribution in [2.75, 3.05) is 14.2 Å². The number of carboxylic acids is 1. The van der Waals surface area contributed by atoms with Crippen LogP contribution in [0.25, 0.3) is 0 Å². The number of hydrogen-bond donors (Lipinski definition) is 2. The molecule has 112 valence electrons. The molecule has 0 spiro atoms. The van der Waals surface area contributed by atoms with Crippen LogP contribution in [0.3, 0.4) is 0 Å². The first kappa shape index (κ1) is 16.3. The monoisotopic (exact) mass is 281 g/mol. The topological polar surface area (TPSA) is 67.8 Å². The lowest BCUT2D eigenvalue weighted by Crippen LogP contribution is -2.37. The van der Waals surface area contributed by atoms with Gasteiger partial charge in [-0.2, -0.15) is 0 Å². The second-order valence-corrected chi connectivity index (χ2v) is 5.05. The summed E-state index contributed by atoms with van der Waals surface area (Å²) in [6.07, 6.45) is 0.585. The molecule has 1 rings (SSSR count). The average molecular weight is 281 g/mol. The first-order chi connectivity index (χ1) is 9.49. The predicted octanol–water partition coefficient (Wildman–Crippen LogP) is 2.29. The van der Waals surface area contributed by atoms with Crippen LogP contribution in [0, 0.1) is 5.92 Å². The van der Waals surface area contributed by atoms with Gasteiger partial charge in [-0.15, -0.1) is 0 Å². The zero-order valence-corrected chi connectivity index (χ0v) is 12.5. The van der Waals surface area contributed by atoms with Gasteiger partial charge >= 0.3 is 5.97 Å². The lowest BCUT2D eigenvalue weighted by atomic mass is 10.0. The first-order valence-corrected chi connectivity index (χ1v) is 6.65. The Morgan fingerprint density at radius 3 is 2.50 bits per heavy atom. The summed E-state index contributed by atoms with van der Waals surface area (Å²) in [7, 11) is 3.15. The standard InChI is InChI=1S/C15H23NO4/c1-10(2)8-12(15(17)18)16-9-11-6-5-7-13(19-3)14(11)20-4/h5-7,10,12,16H,8-9H2,1-4H3,(H,17,18)/t12-/m0/s1. The van der Waals surface area contributed by atoms with Gasteiger partial charge in [0.05, 0.1) is 14.2 Å². The molecule has 0 radical (unpaired) electrons. The van der Waals surface area contributed by atoms with Crippen LogP contribution in [0.1, 0.15) is 25.8 Å². The van der Waals surface area contributed by atoms with Crippen molar-refractivity contribution in [2.24, 2.45) is 5.92 Å². The molecule has 1 aromatic carbocycles. The second-order valence-electron chi connectivity index (χ2n) is 5.05. The second kappa shape index (κ2) is 7.75. The number of methoxy groups -OCH3 is 2. The van der Waals surface area contributed by atoms with Crippen molar-refractivity contribution in [3.8, 4) is 11.5 Å². The molecular formula is C15H23NO4. The van der Waals surface area contributed by atoms with Gasteiger partial charge in [-0.05, 0) is 18.4 Å². The summed E-state index contributed by atoms with van der Waals surface area (Å²) < 4.78 is 10.6. The summed E-state index contributed by atoms with van der Waals surface area (Å²) in [6.45, 7) is 4.43. The molecule has 0 aliphatic carbocycles. The van der Waals surface area contributed by atoms with Crippen LogP contribution in [-0.2, 0) is 11.3 Å². The Labute approximate surface area is 119 Å². The molecule has 20 heavy (non-hydrogen) atoms. The summed E-state index contributed by atoms with van der Waals surface area (Å²) in [5.41, 5.74) is 0.877. The highest BCUT2D eigenvalue weighted by molar-refractivity contribution is 5.73. The van der Waals surface area contributed by atoms with Crippen molar-refractivity contribution in [1.29, 1.82) is 0 Å². The minimum absolute atomic E-state index is 0.316. The molecule has 0 aliphatic rings. The van der Waals surface area contributed by atoms with Gasteiger partial charge < -0.3 is 19.9 Å². The molecule has 1 atom stereocenters. The van der Waals surface area contributed by atoms with Crippen LogP contribution in [-0.4, -0.2) is 31.3 Å². The first-order valence-electron chi connectivity index (χ1n) is 6.65. The van der Waals surface area contributed by atoms with E-state index < -0.39 is 12.0 Å². The van der Waals surface area contributed by atoms with E-state index in [9.17, 15) is 9.90 Å². The number of benzene rings is 1. The molecule has 0 saturated heterocycles. The maximum Gasteiger partial charge on any atom is 0.320 e. The van der Waals surface area contributed by atoms with Crippen LogP contribution >= 0.6 is 0 Å². The van der Waals surface area contributed by atoms with E-state index in [2.05, 4.69) is 5.32 Å². The van der Waals surface area contributed by atoms with E-state index in [-0.39, 0.29) is 0 Å². The fourth-order valence-electron chi connectivity index (χ4n) is 2.07. The van der Waals surface area contributed by atoms with Gasteiger partial charge in [0.15, 0.2) is 11.5 Å². The fourth-order valence-corrected chi connectivity index (χ4v) is 2.07. The van der Waals surface area contributed by atoms with Crippen LogP contribution in [0.5, 0.6) is 11.5 Å². The van der Waals surface area contributed by atoms with Gasteiger partial charge in [0.25, 0.3) is 0 Å². The number of hydrogen-bond acceptors (Lipinski definition) is 4. The van der Waals surface area contributed by atoms with Crippen molar-refractivity contribution < 1.29 is 19.4 Å². The number of rotatable bonds is 8. The maximum atomic E-state index is 11.2. The van der Waals surface area contributed by atoms with E-state index in [0.717, 1.165) is 5.56 Å². The number of aliphatic carboxylic acids is 1. The molecule has 0 saturated carbocycles. The molecular weight excluding hydrogens is 258 g/mol. The van der Waals surface area contributed by atoms with Gasteiger partial charge in [-0.25, -0.2) is 0 Å². The number of ether oxygens (including phenoxy) is 2. The van der Waals surface area contributed by atoms with E-state index in [1.807, 2.05) is 32.0 Å². The van der Waals surface area contributed by atoms with E-state index in [1.54, 1.807) is 14.2 Å². The predicted molar refractivity (Wildman–Crippen MR) is 77.3 cm³/mol. The summed E-state index contributed by atoms with van der Waals surface area (Å²) in [4.78, 5) is 11.2. The van der Waals surface area contributed by atoms with Crippen LogP contribution in [0.2, 0.25) is 0 Å². The molecule has 0 unspecified atom stereocenters. The van der Waals surface area contributed by atoms with Crippen molar-refractivity contribution in [2.45, 2.75) is 32.9 Å². The Hall–Kier alpha value is -1.75. The molecule has 5 nitrogen and oxygen atoms in total. The largest absolute Gasteiger partial charge is 0.493 e. The third-order valence-electron chi connectivity index (χ3n) is 3.03. The molecule has 0 amide bonds. The molecule has 5 heteroatoms. The third kappa shape index (κ3) is 4.42. The average Bonchev–Trinajstić information content (AvgIpc) is 2.42. The van der Waals surface area contributed by atoms with E-state index in [0.29, 0.717) is 30.4 Å².